The number of rotatable bonds is 1. The van der Waals surface area contributed by atoms with E-state index in [1.165, 1.54) is 0 Å². The van der Waals surface area contributed by atoms with Gasteiger partial charge in [0, 0.05) is 10.5 Å². The maximum absolute atomic E-state index is 13.1. The van der Waals surface area contributed by atoms with Gasteiger partial charge >= 0.3 is 11.9 Å². The molecule has 0 spiro atoms. The average Bonchev–Trinajstić information content (AvgIpc) is 2.10. The Hall–Kier alpha value is -1.50. The minimum atomic E-state index is -1.76. The van der Waals surface area contributed by atoms with Gasteiger partial charge in [-0.25, -0.2) is 13.6 Å². The van der Waals surface area contributed by atoms with Crippen LogP contribution < -0.4 is 5.32 Å². The van der Waals surface area contributed by atoms with E-state index in [4.69, 9.17) is 5.11 Å². The molecule has 2 N–H and O–H groups in total. The lowest BCUT2D eigenvalue weighted by atomic mass is 10.3. The number of aliphatic carboxylic acids is 1. The number of hydrogen-bond acceptors (Lipinski definition) is 2. The molecule has 0 radical (unpaired) electrons. The second kappa shape index (κ2) is 4.35. The van der Waals surface area contributed by atoms with Gasteiger partial charge in [-0.15, -0.1) is 0 Å². The number of carbonyl (C=O) groups is 2. The minimum absolute atomic E-state index is 0.0744. The Balaban J connectivity index is 3.05. The van der Waals surface area contributed by atoms with Crippen molar-refractivity contribution in [3.63, 3.8) is 0 Å². The maximum Gasteiger partial charge on any atom is 0.394 e. The van der Waals surface area contributed by atoms with Crippen molar-refractivity contribution in [1.82, 2.24) is 0 Å². The zero-order chi connectivity index (χ0) is 11.6. The number of carboxylic acids is 1. The monoisotopic (exact) mass is 279 g/mol. The van der Waals surface area contributed by atoms with Crippen LogP contribution >= 0.6 is 15.9 Å². The summed E-state index contributed by atoms with van der Waals surface area (Å²) in [6, 6.07) is 1.43. The summed E-state index contributed by atoms with van der Waals surface area (Å²) in [5.74, 6) is -5.06. The highest BCUT2D eigenvalue weighted by Crippen LogP contribution is 2.26. The highest BCUT2D eigenvalue weighted by molar-refractivity contribution is 9.10. The van der Waals surface area contributed by atoms with E-state index in [1.807, 2.05) is 0 Å². The molecule has 0 aliphatic carbocycles. The third-order valence-electron chi connectivity index (χ3n) is 1.44. The zero-order valence-corrected chi connectivity index (χ0v) is 8.64. The number of benzene rings is 1. The van der Waals surface area contributed by atoms with Crippen LogP contribution in [-0.4, -0.2) is 17.0 Å². The van der Waals surface area contributed by atoms with Crippen molar-refractivity contribution >= 4 is 33.5 Å². The molecule has 7 heteroatoms. The molecule has 15 heavy (non-hydrogen) atoms. The first kappa shape index (κ1) is 11.6. The quantitative estimate of drug-likeness (QED) is 0.770. The van der Waals surface area contributed by atoms with E-state index in [0.29, 0.717) is 6.07 Å². The van der Waals surface area contributed by atoms with Gasteiger partial charge in [0.2, 0.25) is 0 Å². The van der Waals surface area contributed by atoms with Crippen LogP contribution in [0.1, 0.15) is 0 Å². The van der Waals surface area contributed by atoms with Crippen LogP contribution in [0.4, 0.5) is 14.5 Å². The summed E-state index contributed by atoms with van der Waals surface area (Å²) >= 11 is 2.79. The van der Waals surface area contributed by atoms with Crippen LogP contribution in [0.3, 0.4) is 0 Å². The molecule has 0 fully saturated rings. The molecule has 0 aliphatic heterocycles. The predicted octanol–water partition coefficient (Wildman–Crippen LogP) is 1.75. The standard InChI is InChI=1S/C8H4BrF2NO3/c9-4-1-3(10)2-5(11)6(4)12-7(13)8(14)15/h1-2H,(H,12,13)(H,14,15). The SMILES string of the molecule is O=C(O)C(=O)Nc1c(F)cc(F)cc1Br. The van der Waals surface area contributed by atoms with Gasteiger partial charge in [-0.1, -0.05) is 0 Å². The van der Waals surface area contributed by atoms with Crippen LogP contribution in [0.15, 0.2) is 16.6 Å². The van der Waals surface area contributed by atoms with Gasteiger partial charge < -0.3 is 10.4 Å². The van der Waals surface area contributed by atoms with Crippen molar-refractivity contribution in [3.8, 4) is 0 Å². The van der Waals surface area contributed by atoms with Gasteiger partial charge in [-0.05, 0) is 22.0 Å². The topological polar surface area (TPSA) is 66.4 Å². The third kappa shape index (κ3) is 2.72. The average molecular weight is 280 g/mol. The van der Waals surface area contributed by atoms with Gasteiger partial charge in [0.05, 0.1) is 5.69 Å². The Morgan fingerprint density at radius 3 is 2.40 bits per heavy atom. The fraction of sp³-hybridized carbons (Fsp3) is 0. The second-order valence-corrected chi connectivity index (χ2v) is 3.36. The van der Waals surface area contributed by atoms with Crippen molar-refractivity contribution in [2.45, 2.75) is 0 Å². The molecular formula is C8H4BrF2NO3. The Morgan fingerprint density at radius 1 is 1.33 bits per heavy atom. The molecule has 4 nitrogen and oxygen atoms in total. The summed E-state index contributed by atoms with van der Waals surface area (Å²) in [4.78, 5) is 20.9. The van der Waals surface area contributed by atoms with Crippen LogP contribution in [-0.2, 0) is 9.59 Å². The molecule has 0 saturated heterocycles. The van der Waals surface area contributed by atoms with Crippen molar-refractivity contribution in [2.75, 3.05) is 5.32 Å². The molecule has 0 heterocycles. The lowest BCUT2D eigenvalue weighted by molar-refractivity contribution is -0.147. The maximum atomic E-state index is 13.1. The molecule has 0 unspecified atom stereocenters. The number of carbonyl (C=O) groups excluding carboxylic acids is 1. The molecule has 0 aliphatic rings. The predicted molar refractivity (Wildman–Crippen MR) is 50.3 cm³/mol. The van der Waals surface area contributed by atoms with Crippen LogP contribution in [0.5, 0.6) is 0 Å². The zero-order valence-electron chi connectivity index (χ0n) is 7.05. The largest absolute Gasteiger partial charge is 0.474 e. The number of hydrogen-bond donors (Lipinski definition) is 2. The van der Waals surface area contributed by atoms with Crippen LogP contribution in [0.25, 0.3) is 0 Å². The minimum Gasteiger partial charge on any atom is -0.474 e. The van der Waals surface area contributed by atoms with Crippen molar-refractivity contribution in [1.29, 1.82) is 0 Å². The Kier molecular flexibility index (Phi) is 3.35. The molecule has 1 rings (SSSR count). The molecule has 0 aromatic heterocycles. The Bertz CT molecular complexity index is 413. The number of halogens is 3. The Labute approximate surface area is 91.0 Å². The molecule has 80 valence electrons. The van der Waals surface area contributed by atoms with Crippen molar-refractivity contribution in [3.05, 3.63) is 28.2 Å². The van der Waals surface area contributed by atoms with Crippen molar-refractivity contribution in [2.24, 2.45) is 0 Å². The summed E-state index contributed by atoms with van der Waals surface area (Å²) < 4.78 is 25.6. The first-order valence-corrected chi connectivity index (χ1v) is 4.40. The molecule has 1 aromatic rings. The molecule has 1 amide bonds. The van der Waals surface area contributed by atoms with E-state index >= 15 is 0 Å². The summed E-state index contributed by atoms with van der Waals surface area (Å²) in [6.45, 7) is 0. The second-order valence-electron chi connectivity index (χ2n) is 2.50. The lowest BCUT2D eigenvalue weighted by Gasteiger charge is -2.06. The molecular weight excluding hydrogens is 276 g/mol. The fourth-order valence-electron chi connectivity index (χ4n) is 0.829. The molecule has 0 atom stereocenters. The summed E-state index contributed by atoms with van der Waals surface area (Å²) in [5, 5.41) is 10.0. The van der Waals surface area contributed by atoms with E-state index in [2.05, 4.69) is 15.9 Å². The summed E-state index contributed by atoms with van der Waals surface area (Å²) in [6.07, 6.45) is 0. The van der Waals surface area contributed by atoms with Crippen LogP contribution in [0.2, 0.25) is 0 Å². The molecule has 0 bridgehead atoms. The number of amides is 1. The number of carboxylic acid groups (broad SMARTS) is 1. The van der Waals surface area contributed by atoms with Gasteiger partial charge in [-0.2, -0.15) is 0 Å². The van der Waals surface area contributed by atoms with Crippen LogP contribution in [0, 0.1) is 11.6 Å². The highest BCUT2D eigenvalue weighted by atomic mass is 79.9. The number of nitrogens with one attached hydrogen (secondary N) is 1. The van der Waals surface area contributed by atoms with Gasteiger partial charge in [0.25, 0.3) is 0 Å². The van der Waals surface area contributed by atoms with E-state index in [1.54, 1.807) is 5.32 Å². The number of anilines is 1. The first-order chi connectivity index (χ1) is 6.91. The van der Waals surface area contributed by atoms with Crippen molar-refractivity contribution < 1.29 is 23.5 Å². The highest BCUT2D eigenvalue weighted by Gasteiger charge is 2.16. The summed E-state index contributed by atoms with van der Waals surface area (Å²) in [7, 11) is 0. The molecule has 1 aromatic carbocycles. The Morgan fingerprint density at radius 2 is 1.93 bits per heavy atom. The molecule has 0 saturated carbocycles. The third-order valence-corrected chi connectivity index (χ3v) is 2.07. The first-order valence-electron chi connectivity index (χ1n) is 3.60. The van der Waals surface area contributed by atoms with E-state index < -0.39 is 29.2 Å². The fourth-order valence-corrected chi connectivity index (χ4v) is 1.34. The van der Waals surface area contributed by atoms with Gasteiger partial charge in [0.1, 0.15) is 5.82 Å². The van der Waals surface area contributed by atoms with Gasteiger partial charge in [-0.3, -0.25) is 4.79 Å². The van der Waals surface area contributed by atoms with Gasteiger partial charge in [0.15, 0.2) is 5.82 Å². The normalized spacial score (nSPS) is 9.80. The van der Waals surface area contributed by atoms with E-state index in [-0.39, 0.29) is 4.47 Å². The lowest BCUT2D eigenvalue weighted by Crippen LogP contribution is -2.22. The summed E-state index contributed by atoms with van der Waals surface area (Å²) in [5.41, 5.74) is -0.413. The van der Waals surface area contributed by atoms with E-state index in [9.17, 15) is 18.4 Å². The van der Waals surface area contributed by atoms with E-state index in [0.717, 1.165) is 6.07 Å². The smallest absolute Gasteiger partial charge is 0.394 e.